The molecular weight excluding hydrogens is 452 g/mol. The van der Waals surface area contributed by atoms with Crippen molar-refractivity contribution < 1.29 is 14.3 Å². The van der Waals surface area contributed by atoms with Gasteiger partial charge in [0.05, 0.1) is 26.1 Å². The van der Waals surface area contributed by atoms with Crippen molar-refractivity contribution in [3.63, 3.8) is 0 Å². The van der Waals surface area contributed by atoms with E-state index >= 15 is 0 Å². The number of carbonyl (C=O) groups excluding carboxylic acids is 1. The molecule has 1 aliphatic heterocycles. The molecule has 0 atom stereocenters. The smallest absolute Gasteiger partial charge is 0.348 e. The van der Waals surface area contributed by atoms with Gasteiger partial charge < -0.3 is 14.8 Å². The van der Waals surface area contributed by atoms with Crippen LogP contribution in [0.1, 0.15) is 36.1 Å². The van der Waals surface area contributed by atoms with E-state index in [1.165, 1.54) is 11.8 Å². The monoisotopic (exact) mass is 486 g/mol. The summed E-state index contributed by atoms with van der Waals surface area (Å²) in [6.45, 7) is 5.59. The van der Waals surface area contributed by atoms with Crippen LogP contribution in [0, 0.1) is 0 Å². The summed E-state index contributed by atoms with van der Waals surface area (Å²) >= 11 is 1.37. The van der Waals surface area contributed by atoms with Gasteiger partial charge in [0.15, 0.2) is 0 Å². The van der Waals surface area contributed by atoms with Crippen LogP contribution in [0.2, 0.25) is 0 Å². The van der Waals surface area contributed by atoms with E-state index in [1.807, 2.05) is 28.8 Å². The zero-order valence-corrected chi connectivity index (χ0v) is 20.7. The predicted molar refractivity (Wildman–Crippen MR) is 133 cm³/mol. The molecule has 0 saturated carbocycles. The van der Waals surface area contributed by atoms with E-state index < -0.39 is 0 Å². The highest BCUT2D eigenvalue weighted by Gasteiger charge is 2.21. The zero-order valence-electron chi connectivity index (χ0n) is 19.9. The Kier molecular flexibility index (Phi) is 9.01. The van der Waals surface area contributed by atoms with Gasteiger partial charge in [-0.1, -0.05) is 23.9 Å². The van der Waals surface area contributed by atoms with Gasteiger partial charge >= 0.3 is 5.69 Å². The number of rotatable bonds is 10. The van der Waals surface area contributed by atoms with Gasteiger partial charge in [-0.3, -0.25) is 14.3 Å². The number of amides is 1. The van der Waals surface area contributed by atoms with Crippen molar-refractivity contribution in [2.24, 2.45) is 0 Å². The fourth-order valence-corrected chi connectivity index (χ4v) is 5.45. The van der Waals surface area contributed by atoms with E-state index in [-0.39, 0.29) is 17.3 Å². The van der Waals surface area contributed by atoms with Crippen molar-refractivity contribution in [2.75, 3.05) is 45.7 Å². The number of fused-ring (bicyclic) bond motifs is 1. The van der Waals surface area contributed by atoms with Gasteiger partial charge in [0.25, 0.3) is 0 Å². The molecule has 0 bridgehead atoms. The first kappa shape index (κ1) is 24.8. The Bertz CT molecular complexity index is 1040. The van der Waals surface area contributed by atoms with Gasteiger partial charge in [0.2, 0.25) is 5.91 Å². The van der Waals surface area contributed by atoms with Crippen LogP contribution < -0.4 is 15.7 Å². The molecule has 9 heteroatoms. The third-order valence-electron chi connectivity index (χ3n) is 6.37. The minimum atomic E-state index is -0.193. The molecule has 0 spiro atoms. The number of morpholine rings is 1. The van der Waals surface area contributed by atoms with Crippen molar-refractivity contribution in [1.29, 1.82) is 0 Å². The van der Waals surface area contributed by atoms with Gasteiger partial charge in [-0.15, -0.1) is 0 Å². The number of aromatic nitrogens is 2. The maximum atomic E-state index is 12.9. The summed E-state index contributed by atoms with van der Waals surface area (Å²) in [5, 5.41) is 3.67. The Morgan fingerprint density at radius 2 is 2.03 bits per heavy atom. The number of methoxy groups -OCH3 is 1. The largest absolute Gasteiger partial charge is 0.497 e. The lowest BCUT2D eigenvalue weighted by Gasteiger charge is -2.27. The molecule has 184 valence electrons. The molecular formula is C25H34N4O4S. The standard InChI is InChI=1S/C25H34N4O4S/c1-32-20-7-4-6-19(16-20)17-26-23(30)18-34-24-21-8-2-3-9-22(21)29(25(31)27-24)11-5-10-28-12-14-33-15-13-28/h4,6-7,16H,2-3,5,8-15,17-18H2,1H3,(H,26,30). The summed E-state index contributed by atoms with van der Waals surface area (Å²) in [4.78, 5) is 32.2. The highest BCUT2D eigenvalue weighted by Crippen LogP contribution is 2.28. The Balaban J connectivity index is 1.35. The molecule has 2 aliphatic rings. The average Bonchev–Trinajstić information content (AvgIpc) is 2.88. The number of benzene rings is 1. The Morgan fingerprint density at radius 1 is 1.21 bits per heavy atom. The number of nitrogens with zero attached hydrogens (tertiary/aromatic N) is 3. The molecule has 1 amide bonds. The van der Waals surface area contributed by atoms with Crippen molar-refractivity contribution in [1.82, 2.24) is 19.8 Å². The predicted octanol–water partition coefficient (Wildman–Crippen LogP) is 2.26. The van der Waals surface area contributed by atoms with Crippen LogP contribution in [0.4, 0.5) is 0 Å². The summed E-state index contributed by atoms with van der Waals surface area (Å²) in [7, 11) is 1.62. The molecule has 2 aromatic rings. The van der Waals surface area contributed by atoms with Crippen LogP contribution in [0.5, 0.6) is 5.75 Å². The van der Waals surface area contributed by atoms with Crippen LogP contribution in [-0.4, -0.2) is 66.1 Å². The van der Waals surface area contributed by atoms with Crippen LogP contribution in [0.15, 0.2) is 34.1 Å². The molecule has 1 N–H and O–H groups in total. The molecule has 1 aromatic heterocycles. The number of hydrogen-bond donors (Lipinski definition) is 1. The first-order chi connectivity index (χ1) is 16.6. The number of thioether (sulfide) groups is 1. The summed E-state index contributed by atoms with van der Waals surface area (Å²) in [6, 6.07) is 7.64. The van der Waals surface area contributed by atoms with Crippen molar-refractivity contribution in [3.8, 4) is 5.75 Å². The first-order valence-corrected chi connectivity index (χ1v) is 13.1. The van der Waals surface area contributed by atoms with E-state index in [4.69, 9.17) is 9.47 Å². The second-order valence-electron chi connectivity index (χ2n) is 8.71. The van der Waals surface area contributed by atoms with E-state index in [0.29, 0.717) is 13.1 Å². The second-order valence-corrected chi connectivity index (χ2v) is 9.67. The summed E-state index contributed by atoms with van der Waals surface area (Å²) in [5.74, 6) is 0.931. The van der Waals surface area contributed by atoms with Gasteiger partial charge in [-0.2, -0.15) is 4.98 Å². The van der Waals surface area contributed by atoms with Crippen LogP contribution >= 0.6 is 11.8 Å². The fraction of sp³-hybridized carbons (Fsp3) is 0.560. The van der Waals surface area contributed by atoms with Gasteiger partial charge in [0, 0.05) is 44.0 Å². The van der Waals surface area contributed by atoms with Crippen molar-refractivity contribution >= 4 is 17.7 Å². The van der Waals surface area contributed by atoms with E-state index in [1.54, 1.807) is 7.11 Å². The second kappa shape index (κ2) is 12.4. The van der Waals surface area contributed by atoms with Gasteiger partial charge in [0.1, 0.15) is 10.8 Å². The third kappa shape index (κ3) is 6.61. The van der Waals surface area contributed by atoms with E-state index in [0.717, 1.165) is 92.5 Å². The van der Waals surface area contributed by atoms with Gasteiger partial charge in [-0.25, -0.2) is 4.79 Å². The SMILES string of the molecule is COc1cccc(CNC(=O)CSc2nc(=O)n(CCCN3CCOCC3)c3c2CCCC3)c1. The molecule has 2 heterocycles. The molecule has 4 rings (SSSR count). The molecule has 8 nitrogen and oxygen atoms in total. The quantitative estimate of drug-likeness (QED) is 0.407. The van der Waals surface area contributed by atoms with Crippen molar-refractivity contribution in [2.45, 2.75) is 50.2 Å². The Labute approximate surface area is 205 Å². The Morgan fingerprint density at radius 3 is 2.85 bits per heavy atom. The van der Waals surface area contributed by atoms with E-state index in [2.05, 4.69) is 15.2 Å². The number of hydrogen-bond acceptors (Lipinski definition) is 7. The maximum Gasteiger partial charge on any atom is 0.348 e. The topological polar surface area (TPSA) is 85.7 Å². The number of nitrogens with one attached hydrogen (secondary N) is 1. The lowest BCUT2D eigenvalue weighted by molar-refractivity contribution is -0.118. The average molecular weight is 487 g/mol. The lowest BCUT2D eigenvalue weighted by atomic mass is 9.97. The summed E-state index contributed by atoms with van der Waals surface area (Å²) in [6.07, 6.45) is 4.93. The minimum absolute atomic E-state index is 0.0751. The molecule has 1 fully saturated rings. The first-order valence-electron chi connectivity index (χ1n) is 12.1. The number of ether oxygens (including phenoxy) is 2. The van der Waals surface area contributed by atoms with Crippen LogP contribution in [-0.2, 0) is 35.5 Å². The minimum Gasteiger partial charge on any atom is -0.497 e. The normalized spacial score (nSPS) is 16.1. The molecule has 34 heavy (non-hydrogen) atoms. The number of carbonyl (C=O) groups is 1. The molecule has 0 unspecified atom stereocenters. The molecule has 1 aromatic carbocycles. The summed E-state index contributed by atoms with van der Waals surface area (Å²) < 4.78 is 12.5. The van der Waals surface area contributed by atoms with Gasteiger partial charge in [-0.05, 0) is 49.8 Å². The third-order valence-corrected chi connectivity index (χ3v) is 7.39. The molecule has 0 radical (unpaired) electrons. The zero-order chi connectivity index (χ0) is 23.8. The highest BCUT2D eigenvalue weighted by atomic mass is 32.2. The van der Waals surface area contributed by atoms with Crippen molar-refractivity contribution in [3.05, 3.63) is 51.6 Å². The summed E-state index contributed by atoms with van der Waals surface area (Å²) in [5.41, 5.74) is 3.06. The van der Waals surface area contributed by atoms with Crippen LogP contribution in [0.25, 0.3) is 0 Å². The highest BCUT2D eigenvalue weighted by molar-refractivity contribution is 7.99. The Hall–Kier alpha value is -2.36. The molecule has 1 saturated heterocycles. The molecule has 1 aliphatic carbocycles. The lowest BCUT2D eigenvalue weighted by Crippen LogP contribution is -2.38. The van der Waals surface area contributed by atoms with Crippen LogP contribution in [0.3, 0.4) is 0 Å². The van der Waals surface area contributed by atoms with E-state index in [9.17, 15) is 9.59 Å². The maximum absolute atomic E-state index is 12.9. The fourth-order valence-electron chi connectivity index (χ4n) is 4.54.